The van der Waals surface area contributed by atoms with Crippen LogP contribution < -0.4 is 4.90 Å². The Bertz CT molecular complexity index is 344. The van der Waals surface area contributed by atoms with E-state index >= 15 is 0 Å². The summed E-state index contributed by atoms with van der Waals surface area (Å²) < 4.78 is 0.917. The highest BCUT2D eigenvalue weighted by atomic mass is 79.9. The first kappa shape index (κ1) is 13.8. The van der Waals surface area contributed by atoms with Crippen LogP contribution in [0.3, 0.4) is 0 Å². The molecule has 0 spiro atoms. The van der Waals surface area contributed by atoms with Gasteiger partial charge in [0.2, 0.25) is 0 Å². The van der Waals surface area contributed by atoms with E-state index in [2.05, 4.69) is 46.6 Å². The van der Waals surface area contributed by atoms with Crippen molar-refractivity contribution in [3.05, 3.63) is 21.8 Å². The van der Waals surface area contributed by atoms with Crippen LogP contribution in [0.5, 0.6) is 0 Å². The molecule has 1 heterocycles. The van der Waals surface area contributed by atoms with E-state index in [-0.39, 0.29) is 0 Å². The Kier molecular flexibility index (Phi) is 5.56. The zero-order chi connectivity index (χ0) is 12.1. The topological polar surface area (TPSA) is 16.1 Å². The predicted molar refractivity (Wildman–Crippen MR) is 74.3 cm³/mol. The van der Waals surface area contributed by atoms with E-state index in [4.69, 9.17) is 11.6 Å². The zero-order valence-corrected chi connectivity index (χ0v) is 12.3. The van der Waals surface area contributed by atoms with E-state index in [0.717, 1.165) is 23.4 Å². The molecule has 0 radical (unpaired) electrons. The van der Waals surface area contributed by atoms with E-state index in [0.29, 0.717) is 10.9 Å². The number of aromatic nitrogens is 1. The van der Waals surface area contributed by atoms with Crippen molar-refractivity contribution < 1.29 is 0 Å². The average molecular weight is 306 g/mol. The molecule has 16 heavy (non-hydrogen) atoms. The largest absolute Gasteiger partial charge is 0.355 e. The molecule has 0 N–H and O–H groups in total. The molecular formula is C12H18BrClN2. The lowest BCUT2D eigenvalue weighted by Gasteiger charge is -2.25. The first-order valence-corrected chi connectivity index (χ1v) is 6.81. The lowest BCUT2D eigenvalue weighted by Crippen LogP contribution is -2.29. The third-order valence-corrected chi connectivity index (χ3v) is 3.41. The quantitative estimate of drug-likeness (QED) is 0.803. The maximum Gasteiger partial charge on any atom is 0.147 e. The van der Waals surface area contributed by atoms with Crippen LogP contribution in [0.2, 0.25) is 5.02 Å². The van der Waals surface area contributed by atoms with Crippen LogP contribution in [0.15, 0.2) is 16.7 Å². The van der Waals surface area contributed by atoms with Crippen molar-refractivity contribution in [3.8, 4) is 0 Å². The van der Waals surface area contributed by atoms with Gasteiger partial charge < -0.3 is 4.90 Å². The first-order chi connectivity index (χ1) is 7.58. The molecule has 2 nitrogen and oxygen atoms in total. The molecule has 1 rings (SSSR count). The van der Waals surface area contributed by atoms with Crippen LogP contribution in [0, 0.1) is 5.92 Å². The Morgan fingerprint density at radius 3 is 2.69 bits per heavy atom. The van der Waals surface area contributed by atoms with Crippen molar-refractivity contribution >= 4 is 33.3 Å². The molecule has 0 saturated heterocycles. The van der Waals surface area contributed by atoms with Gasteiger partial charge in [0.1, 0.15) is 5.82 Å². The van der Waals surface area contributed by atoms with E-state index in [1.165, 1.54) is 6.42 Å². The molecule has 0 amide bonds. The van der Waals surface area contributed by atoms with Crippen LogP contribution in [0.4, 0.5) is 5.82 Å². The van der Waals surface area contributed by atoms with E-state index in [1.54, 1.807) is 6.20 Å². The molecule has 4 heteroatoms. The van der Waals surface area contributed by atoms with E-state index < -0.39 is 0 Å². The Morgan fingerprint density at radius 1 is 1.50 bits per heavy atom. The fraction of sp³-hybridized carbons (Fsp3) is 0.583. The summed E-state index contributed by atoms with van der Waals surface area (Å²) in [5.74, 6) is 1.54. The number of hydrogen-bond acceptors (Lipinski definition) is 2. The maximum atomic E-state index is 6.20. The van der Waals surface area contributed by atoms with Crippen LogP contribution in [-0.2, 0) is 0 Å². The third kappa shape index (κ3) is 3.63. The lowest BCUT2D eigenvalue weighted by atomic mass is 10.1. The molecule has 0 fully saturated rings. The van der Waals surface area contributed by atoms with E-state index in [9.17, 15) is 0 Å². The number of hydrogen-bond donors (Lipinski definition) is 0. The molecule has 0 aliphatic carbocycles. The van der Waals surface area contributed by atoms with Gasteiger partial charge in [-0.05, 0) is 34.8 Å². The molecule has 0 aliphatic rings. The van der Waals surface area contributed by atoms with Crippen molar-refractivity contribution in [2.45, 2.75) is 27.2 Å². The summed E-state index contributed by atoms with van der Waals surface area (Å²) >= 11 is 9.56. The average Bonchev–Trinajstić information content (AvgIpc) is 2.26. The fourth-order valence-corrected chi connectivity index (χ4v) is 2.26. The van der Waals surface area contributed by atoms with Gasteiger partial charge >= 0.3 is 0 Å². The summed E-state index contributed by atoms with van der Waals surface area (Å²) in [7, 11) is 0. The summed E-state index contributed by atoms with van der Waals surface area (Å²) in [4.78, 5) is 6.61. The van der Waals surface area contributed by atoms with Gasteiger partial charge in [-0.2, -0.15) is 0 Å². The molecular weight excluding hydrogens is 288 g/mol. The molecule has 0 saturated carbocycles. The molecule has 0 bridgehead atoms. The minimum Gasteiger partial charge on any atom is -0.355 e. The molecule has 90 valence electrons. The fourth-order valence-electron chi connectivity index (χ4n) is 1.51. The Balaban J connectivity index is 2.86. The highest BCUT2D eigenvalue weighted by Gasteiger charge is 2.13. The summed E-state index contributed by atoms with van der Waals surface area (Å²) in [6.07, 6.45) is 2.96. The Labute approximate surface area is 111 Å². The van der Waals surface area contributed by atoms with E-state index in [1.807, 2.05) is 6.07 Å². The van der Waals surface area contributed by atoms with Gasteiger partial charge in [-0.1, -0.05) is 31.9 Å². The van der Waals surface area contributed by atoms with Gasteiger partial charge in [-0.25, -0.2) is 4.98 Å². The monoisotopic (exact) mass is 304 g/mol. The second-order valence-electron chi connectivity index (χ2n) is 4.01. The first-order valence-electron chi connectivity index (χ1n) is 5.64. The zero-order valence-electron chi connectivity index (χ0n) is 10.0. The maximum absolute atomic E-state index is 6.20. The highest BCUT2D eigenvalue weighted by Crippen LogP contribution is 2.26. The molecule has 1 aromatic heterocycles. The van der Waals surface area contributed by atoms with Crippen LogP contribution in [0.1, 0.15) is 27.2 Å². The van der Waals surface area contributed by atoms with Gasteiger partial charge in [0, 0.05) is 23.8 Å². The minimum absolute atomic E-state index is 0.654. The van der Waals surface area contributed by atoms with Gasteiger partial charge in [0.15, 0.2) is 0 Å². The second kappa shape index (κ2) is 6.45. The van der Waals surface area contributed by atoms with Crippen molar-refractivity contribution in [2.24, 2.45) is 5.92 Å². The van der Waals surface area contributed by atoms with Crippen LogP contribution in [0.25, 0.3) is 0 Å². The Morgan fingerprint density at radius 2 is 2.19 bits per heavy atom. The normalized spacial score (nSPS) is 12.6. The smallest absolute Gasteiger partial charge is 0.147 e. The summed E-state index contributed by atoms with van der Waals surface area (Å²) in [6.45, 7) is 8.51. The van der Waals surface area contributed by atoms with Gasteiger partial charge in [0.05, 0.1) is 5.02 Å². The molecule has 0 aromatic carbocycles. The molecule has 1 aromatic rings. The second-order valence-corrected chi connectivity index (χ2v) is 5.33. The number of halogens is 2. The summed E-state index contributed by atoms with van der Waals surface area (Å²) in [5, 5.41) is 0.708. The lowest BCUT2D eigenvalue weighted by molar-refractivity contribution is 0.545. The summed E-state index contributed by atoms with van der Waals surface area (Å²) in [5.41, 5.74) is 0. The molecule has 1 unspecified atom stereocenters. The summed E-state index contributed by atoms with van der Waals surface area (Å²) in [6, 6.07) is 1.89. The standard InChI is InChI=1S/C12H18BrClN2/c1-4-9(3)8-16(5-2)12-11(14)6-10(13)7-15-12/h6-7,9H,4-5,8H2,1-3H3. The Hall–Kier alpha value is -0.280. The third-order valence-electron chi connectivity index (χ3n) is 2.70. The van der Waals surface area contributed by atoms with Gasteiger partial charge in [-0.15, -0.1) is 0 Å². The molecule has 1 atom stereocenters. The molecule has 0 aliphatic heterocycles. The number of nitrogens with zero attached hydrogens (tertiary/aromatic N) is 2. The predicted octanol–water partition coefficient (Wildman–Crippen LogP) is 4.37. The number of anilines is 1. The van der Waals surface area contributed by atoms with Crippen molar-refractivity contribution in [3.63, 3.8) is 0 Å². The van der Waals surface area contributed by atoms with Gasteiger partial charge in [-0.3, -0.25) is 0 Å². The number of pyridine rings is 1. The van der Waals surface area contributed by atoms with Crippen molar-refractivity contribution in [1.82, 2.24) is 4.98 Å². The van der Waals surface area contributed by atoms with Gasteiger partial charge in [0.25, 0.3) is 0 Å². The van der Waals surface area contributed by atoms with Crippen LogP contribution >= 0.6 is 27.5 Å². The highest BCUT2D eigenvalue weighted by molar-refractivity contribution is 9.10. The van der Waals surface area contributed by atoms with Crippen LogP contribution in [-0.4, -0.2) is 18.1 Å². The van der Waals surface area contributed by atoms with Crippen molar-refractivity contribution in [1.29, 1.82) is 0 Å². The SMILES string of the molecule is CCC(C)CN(CC)c1ncc(Br)cc1Cl. The van der Waals surface area contributed by atoms with Crippen molar-refractivity contribution in [2.75, 3.05) is 18.0 Å². The number of rotatable bonds is 5. The minimum atomic E-state index is 0.654.